The largest absolute Gasteiger partial charge is 0.354 e. The third-order valence-corrected chi connectivity index (χ3v) is 10.1. The summed E-state index contributed by atoms with van der Waals surface area (Å²) in [5.41, 5.74) is 21.1. The maximum atomic E-state index is 5.41. The smallest absolute Gasteiger partial charge is 0.0737 e. The normalized spacial score (nSPS) is 11.8. The monoisotopic (exact) mass is 726 g/mol. The molecule has 0 aliphatic carbocycles. The van der Waals surface area contributed by atoms with Crippen molar-refractivity contribution in [1.82, 2.24) is 19.9 Å². The third kappa shape index (κ3) is 6.40. The molecular weight excluding hydrogens is 688 g/mol. The predicted octanol–water partition coefficient (Wildman–Crippen LogP) is 12.6. The van der Waals surface area contributed by atoms with Gasteiger partial charge in [0, 0.05) is 61.4 Å². The molecule has 5 heteroatoms. The quantitative estimate of drug-likeness (QED) is 0.177. The second-order valence-electron chi connectivity index (χ2n) is 14.0. The van der Waals surface area contributed by atoms with Crippen LogP contribution < -0.4 is 0 Å². The molecule has 2 aliphatic rings. The number of aryl methyl sites for hydroxylation is 4. The molecule has 258 valence electrons. The molecule has 8 bridgehead atoms. The van der Waals surface area contributed by atoms with Crippen LogP contribution in [0.1, 0.15) is 45.0 Å². The van der Waals surface area contributed by atoms with E-state index < -0.39 is 0 Å². The van der Waals surface area contributed by atoms with Crippen LogP contribution >= 0.6 is 0 Å². The Morgan fingerprint density at radius 3 is 0.717 bits per heavy atom. The first-order chi connectivity index (χ1) is 25.4. The van der Waals surface area contributed by atoms with Crippen LogP contribution in [0.25, 0.3) is 90.9 Å². The second-order valence-corrected chi connectivity index (χ2v) is 14.0. The number of fused-ring (bicyclic) bond motifs is 8. The molecule has 0 spiro atoms. The van der Waals surface area contributed by atoms with Gasteiger partial charge in [0.25, 0.3) is 0 Å². The predicted molar refractivity (Wildman–Crippen MR) is 220 cm³/mol. The molecule has 5 heterocycles. The van der Waals surface area contributed by atoms with E-state index in [0.717, 1.165) is 89.4 Å². The van der Waals surface area contributed by atoms with Crippen LogP contribution in [-0.2, 0) is 17.1 Å². The fourth-order valence-electron chi connectivity index (χ4n) is 7.30. The maximum absolute atomic E-state index is 5.41. The van der Waals surface area contributed by atoms with Gasteiger partial charge in [-0.2, -0.15) is 0 Å². The first-order valence-corrected chi connectivity index (χ1v) is 17.8. The van der Waals surface area contributed by atoms with E-state index in [2.05, 4.69) is 183 Å². The first kappa shape index (κ1) is 34.1. The summed E-state index contributed by atoms with van der Waals surface area (Å²) in [5, 5.41) is 0. The summed E-state index contributed by atoms with van der Waals surface area (Å²) in [6, 6.07) is 43.6. The number of hydrogen-bond acceptors (Lipinski definition) is 2. The summed E-state index contributed by atoms with van der Waals surface area (Å²) in [4.78, 5) is 18.5. The average molecular weight is 727 g/mol. The topological polar surface area (TPSA) is 57.4 Å². The van der Waals surface area contributed by atoms with Crippen LogP contribution in [0, 0.1) is 27.7 Å². The Kier molecular flexibility index (Phi) is 8.91. The minimum Gasteiger partial charge on any atom is -0.354 e. The summed E-state index contributed by atoms with van der Waals surface area (Å²) >= 11 is 0. The van der Waals surface area contributed by atoms with E-state index >= 15 is 0 Å². The molecule has 4 nitrogen and oxygen atoms in total. The maximum Gasteiger partial charge on any atom is 0.0737 e. The molecular formula is C48H38FeN4. The van der Waals surface area contributed by atoms with Crippen molar-refractivity contribution < 1.29 is 17.1 Å². The van der Waals surface area contributed by atoms with Crippen molar-refractivity contribution in [3.8, 4) is 44.5 Å². The fraction of sp³-hybridized carbons (Fsp3) is 0.0833. The van der Waals surface area contributed by atoms with Crippen LogP contribution in [0.3, 0.4) is 0 Å². The van der Waals surface area contributed by atoms with Crippen molar-refractivity contribution >= 4 is 46.4 Å². The Bertz CT molecular complexity index is 2350. The van der Waals surface area contributed by atoms with Crippen LogP contribution in [-0.4, -0.2) is 19.9 Å². The molecule has 2 N–H and O–H groups in total. The molecule has 9 rings (SSSR count). The Balaban J connectivity index is 0.00000400. The van der Waals surface area contributed by atoms with Crippen molar-refractivity contribution in [1.29, 1.82) is 0 Å². The van der Waals surface area contributed by atoms with Crippen LogP contribution in [0.4, 0.5) is 0 Å². The Hall–Kier alpha value is -6.00. The number of nitrogens with zero attached hydrogens (tertiary/aromatic N) is 2. The first-order valence-electron chi connectivity index (χ1n) is 17.8. The molecule has 3 aromatic heterocycles. The van der Waals surface area contributed by atoms with E-state index in [1.807, 2.05) is 0 Å². The zero-order valence-corrected chi connectivity index (χ0v) is 31.2. The van der Waals surface area contributed by atoms with E-state index in [-0.39, 0.29) is 17.1 Å². The van der Waals surface area contributed by atoms with Gasteiger partial charge in [0.15, 0.2) is 0 Å². The Labute approximate surface area is 320 Å². The third-order valence-electron chi connectivity index (χ3n) is 10.1. The number of rotatable bonds is 4. The SMILES string of the molecule is Cc1ccc(-c2c3nc(c(-c4ccc(C)cc4)c4ccc([nH]4)c(-c4ccc(C)cc4)c4nc(c(-c5ccc(C)cc5)c5ccc2[nH]5)C=C4)C=C3)cc1.[Fe]. The molecule has 7 aromatic rings. The number of hydrogen-bond donors (Lipinski definition) is 2. The molecule has 0 saturated heterocycles. The van der Waals surface area contributed by atoms with Crippen molar-refractivity contribution in [3.63, 3.8) is 0 Å². The van der Waals surface area contributed by atoms with E-state index in [1.165, 1.54) is 22.3 Å². The molecule has 0 amide bonds. The summed E-state index contributed by atoms with van der Waals surface area (Å²) in [6.07, 6.45) is 8.61. The van der Waals surface area contributed by atoms with E-state index in [1.54, 1.807) is 0 Å². The van der Waals surface area contributed by atoms with Crippen molar-refractivity contribution in [3.05, 3.63) is 166 Å². The molecule has 2 aliphatic heterocycles. The second kappa shape index (κ2) is 13.9. The molecule has 0 atom stereocenters. The summed E-state index contributed by atoms with van der Waals surface area (Å²) in [5.74, 6) is 0. The fourth-order valence-corrected chi connectivity index (χ4v) is 7.30. The number of nitrogens with one attached hydrogen (secondary N) is 2. The number of H-pyrrole nitrogens is 2. The van der Waals surface area contributed by atoms with Gasteiger partial charge in [-0.15, -0.1) is 0 Å². The summed E-state index contributed by atoms with van der Waals surface area (Å²) in [6.45, 7) is 8.49. The Morgan fingerprint density at radius 2 is 0.509 bits per heavy atom. The van der Waals surface area contributed by atoms with Gasteiger partial charge in [0.2, 0.25) is 0 Å². The Morgan fingerprint density at radius 1 is 0.302 bits per heavy atom. The standard InChI is InChI=1S/C48H38N4.Fe/c1-29-5-13-33(14-6-29)45-37-21-23-39(49-37)46(34-15-7-30(2)8-16-34)41-25-27-43(51-41)48(36-19-11-32(4)12-20-36)44-28-26-42(52-44)47(40-24-22-38(45)50-40)35-17-9-31(3)10-18-35;/h5-28,49,52H,1-4H3;. The van der Waals surface area contributed by atoms with Crippen LogP contribution in [0.15, 0.2) is 121 Å². The van der Waals surface area contributed by atoms with Crippen molar-refractivity contribution in [2.75, 3.05) is 0 Å². The molecule has 0 radical (unpaired) electrons. The van der Waals surface area contributed by atoms with Crippen molar-refractivity contribution in [2.45, 2.75) is 27.7 Å². The molecule has 0 saturated carbocycles. The van der Waals surface area contributed by atoms with E-state index in [9.17, 15) is 0 Å². The number of aromatic nitrogens is 4. The number of benzene rings is 4. The van der Waals surface area contributed by atoms with Crippen molar-refractivity contribution in [2.24, 2.45) is 0 Å². The van der Waals surface area contributed by atoms with Gasteiger partial charge >= 0.3 is 0 Å². The van der Waals surface area contributed by atoms with Gasteiger partial charge in [-0.25, -0.2) is 9.97 Å². The zero-order chi connectivity index (χ0) is 35.3. The summed E-state index contributed by atoms with van der Waals surface area (Å²) < 4.78 is 0. The minimum atomic E-state index is 0. The van der Waals surface area contributed by atoms with Gasteiger partial charge in [0.1, 0.15) is 0 Å². The molecule has 0 unspecified atom stereocenters. The van der Waals surface area contributed by atoms with E-state index in [4.69, 9.17) is 9.97 Å². The molecule has 53 heavy (non-hydrogen) atoms. The van der Waals surface area contributed by atoms with Gasteiger partial charge in [-0.1, -0.05) is 119 Å². The van der Waals surface area contributed by atoms with Crippen LogP contribution in [0.2, 0.25) is 0 Å². The molecule has 4 aromatic carbocycles. The van der Waals surface area contributed by atoms with Crippen LogP contribution in [0.5, 0.6) is 0 Å². The van der Waals surface area contributed by atoms with Gasteiger partial charge in [0.05, 0.1) is 22.8 Å². The molecule has 0 fully saturated rings. The number of aromatic amines is 2. The minimum absolute atomic E-state index is 0. The summed E-state index contributed by atoms with van der Waals surface area (Å²) in [7, 11) is 0. The van der Waals surface area contributed by atoms with Gasteiger partial charge in [-0.3, -0.25) is 0 Å². The van der Waals surface area contributed by atoms with Gasteiger partial charge in [-0.05, 0) is 98.5 Å². The van der Waals surface area contributed by atoms with E-state index in [0.29, 0.717) is 0 Å². The van der Waals surface area contributed by atoms with Gasteiger partial charge < -0.3 is 9.97 Å². The average Bonchev–Trinajstić information content (AvgIpc) is 3.99. The zero-order valence-electron chi connectivity index (χ0n) is 30.1.